The van der Waals surface area contributed by atoms with E-state index in [-0.39, 0.29) is 5.69 Å². The van der Waals surface area contributed by atoms with Gasteiger partial charge in [-0.05, 0) is 35.9 Å². The van der Waals surface area contributed by atoms with Gasteiger partial charge in [-0.3, -0.25) is 9.59 Å². The Morgan fingerprint density at radius 3 is 2.26 bits per heavy atom. The van der Waals surface area contributed by atoms with Gasteiger partial charge in [0.25, 0.3) is 5.91 Å². The second kappa shape index (κ2) is 10.6. The number of esters is 1. The van der Waals surface area contributed by atoms with Crippen LogP contribution in [0, 0.1) is 0 Å². The summed E-state index contributed by atoms with van der Waals surface area (Å²) in [5.41, 5.74) is 0.785. The minimum Gasteiger partial charge on any atom is -0.455 e. The van der Waals surface area contributed by atoms with Gasteiger partial charge in [0.2, 0.25) is 10.0 Å². The topological polar surface area (TPSA) is 111 Å². The van der Waals surface area contributed by atoms with E-state index in [0.717, 1.165) is 29.7 Å². The smallest absolute Gasteiger partial charge is 0.455 e. The average Bonchev–Trinajstić information content (AvgIpc) is 2.71. The van der Waals surface area contributed by atoms with Gasteiger partial charge < -0.3 is 14.8 Å². The maximum Gasteiger partial charge on any atom is 0.573 e. The first-order chi connectivity index (χ1) is 14.5. The number of hydrogen-bond donors (Lipinski definition) is 2. The van der Waals surface area contributed by atoms with Crippen molar-refractivity contribution in [2.24, 2.45) is 0 Å². The number of ether oxygens (including phenoxy) is 2. The largest absolute Gasteiger partial charge is 0.573 e. The van der Waals surface area contributed by atoms with Crippen molar-refractivity contribution in [1.29, 1.82) is 0 Å². The maximum absolute atomic E-state index is 12.1. The lowest BCUT2D eigenvalue weighted by Crippen LogP contribution is -2.31. The minimum absolute atomic E-state index is 0.141. The Kier molecular flexibility index (Phi) is 8.16. The SMILES string of the molecule is O=C(COC(=O)CNS(=O)(=O)C=Cc1ccccc1)Nc1ccc(OC(F)(F)F)cc1. The molecule has 0 aliphatic rings. The van der Waals surface area contributed by atoms with Crippen molar-refractivity contribution in [2.75, 3.05) is 18.5 Å². The van der Waals surface area contributed by atoms with Crippen molar-refractivity contribution in [1.82, 2.24) is 4.72 Å². The number of hydrogen-bond acceptors (Lipinski definition) is 6. The highest BCUT2D eigenvalue weighted by atomic mass is 32.2. The molecule has 0 unspecified atom stereocenters. The Morgan fingerprint density at radius 1 is 1.00 bits per heavy atom. The van der Waals surface area contributed by atoms with E-state index in [0.29, 0.717) is 5.56 Å². The number of anilines is 1. The molecular weight excluding hydrogens is 441 g/mol. The van der Waals surface area contributed by atoms with Crippen molar-refractivity contribution in [3.63, 3.8) is 0 Å². The Morgan fingerprint density at radius 2 is 1.65 bits per heavy atom. The summed E-state index contributed by atoms with van der Waals surface area (Å²) in [6.45, 7) is -1.42. The fourth-order valence-electron chi connectivity index (χ4n) is 2.07. The molecule has 0 aliphatic heterocycles. The van der Waals surface area contributed by atoms with Crippen molar-refractivity contribution < 1.29 is 40.7 Å². The van der Waals surface area contributed by atoms with E-state index in [1.807, 2.05) is 4.72 Å². The highest BCUT2D eigenvalue weighted by Crippen LogP contribution is 2.23. The average molecular weight is 458 g/mol. The number of sulfonamides is 1. The van der Waals surface area contributed by atoms with Gasteiger partial charge in [0.1, 0.15) is 12.3 Å². The molecule has 2 N–H and O–H groups in total. The zero-order chi connectivity index (χ0) is 22.9. The highest BCUT2D eigenvalue weighted by Gasteiger charge is 2.30. The standard InChI is InChI=1S/C19H17F3N2O6S/c20-19(21,22)30-16-8-6-15(7-9-16)24-17(25)13-29-18(26)12-23-31(27,28)11-10-14-4-2-1-3-5-14/h1-11,23H,12-13H2,(H,24,25). The predicted octanol–water partition coefficient (Wildman–Crippen LogP) is 2.66. The summed E-state index contributed by atoms with van der Waals surface area (Å²) < 4.78 is 70.3. The first-order valence-corrected chi connectivity index (χ1v) is 10.1. The van der Waals surface area contributed by atoms with Crippen LogP contribution < -0.4 is 14.8 Å². The molecule has 0 saturated heterocycles. The van der Waals surface area contributed by atoms with Crippen LogP contribution in [0.2, 0.25) is 0 Å². The Labute approximate surface area is 175 Å². The Bertz CT molecular complexity index is 1020. The van der Waals surface area contributed by atoms with Gasteiger partial charge in [0.05, 0.1) is 0 Å². The van der Waals surface area contributed by atoms with Gasteiger partial charge in [-0.2, -0.15) is 0 Å². The van der Waals surface area contributed by atoms with Gasteiger partial charge >= 0.3 is 12.3 Å². The van der Waals surface area contributed by atoms with Crippen LogP contribution in [0.25, 0.3) is 6.08 Å². The van der Waals surface area contributed by atoms with Crippen LogP contribution in [0.15, 0.2) is 60.0 Å². The number of rotatable bonds is 9. The minimum atomic E-state index is -4.84. The molecule has 0 aliphatic carbocycles. The Hall–Kier alpha value is -3.38. The monoisotopic (exact) mass is 458 g/mol. The van der Waals surface area contributed by atoms with E-state index in [1.54, 1.807) is 30.3 Å². The molecule has 0 atom stereocenters. The molecule has 166 valence electrons. The van der Waals surface area contributed by atoms with Crippen molar-refractivity contribution in [3.8, 4) is 5.75 Å². The molecule has 0 spiro atoms. The quantitative estimate of drug-likeness (QED) is 0.559. The second-order valence-electron chi connectivity index (χ2n) is 5.86. The van der Waals surface area contributed by atoms with Gasteiger partial charge in [0, 0.05) is 11.1 Å². The molecule has 12 heteroatoms. The maximum atomic E-state index is 12.1. The van der Waals surface area contributed by atoms with Gasteiger partial charge in [-0.15, -0.1) is 13.2 Å². The summed E-state index contributed by atoms with van der Waals surface area (Å²) in [5, 5.41) is 3.18. The lowest BCUT2D eigenvalue weighted by molar-refractivity contribution is -0.274. The van der Waals surface area contributed by atoms with E-state index in [9.17, 15) is 31.2 Å². The third kappa shape index (κ3) is 9.78. The predicted molar refractivity (Wildman–Crippen MR) is 105 cm³/mol. The van der Waals surface area contributed by atoms with E-state index >= 15 is 0 Å². The number of halogens is 3. The van der Waals surface area contributed by atoms with Crippen LogP contribution in [-0.4, -0.2) is 39.8 Å². The fraction of sp³-hybridized carbons (Fsp3) is 0.158. The number of alkyl halides is 3. The Balaban J connectivity index is 1.74. The highest BCUT2D eigenvalue weighted by molar-refractivity contribution is 7.92. The number of amides is 1. The molecule has 0 radical (unpaired) electrons. The molecule has 2 rings (SSSR count). The normalized spacial score (nSPS) is 11.8. The second-order valence-corrected chi connectivity index (χ2v) is 7.51. The molecule has 2 aromatic rings. The first kappa shape index (κ1) is 23.9. The van der Waals surface area contributed by atoms with Crippen LogP contribution in [0.5, 0.6) is 5.75 Å². The van der Waals surface area contributed by atoms with E-state index in [1.165, 1.54) is 6.08 Å². The van der Waals surface area contributed by atoms with E-state index in [4.69, 9.17) is 0 Å². The van der Waals surface area contributed by atoms with E-state index < -0.39 is 47.2 Å². The van der Waals surface area contributed by atoms with Crippen LogP contribution >= 0.6 is 0 Å². The molecule has 1 amide bonds. The number of nitrogens with one attached hydrogen (secondary N) is 2. The van der Waals surface area contributed by atoms with E-state index in [2.05, 4.69) is 14.8 Å². The third-order valence-electron chi connectivity index (χ3n) is 3.39. The lowest BCUT2D eigenvalue weighted by Gasteiger charge is -2.10. The molecule has 0 saturated carbocycles. The van der Waals surface area contributed by atoms with Crippen molar-refractivity contribution in [3.05, 3.63) is 65.6 Å². The zero-order valence-electron chi connectivity index (χ0n) is 15.8. The van der Waals surface area contributed by atoms with Crippen molar-refractivity contribution >= 4 is 33.7 Å². The number of carbonyl (C=O) groups is 2. The van der Waals surface area contributed by atoms with Crippen LogP contribution in [0.3, 0.4) is 0 Å². The van der Waals surface area contributed by atoms with Gasteiger partial charge in [-0.25, -0.2) is 13.1 Å². The number of benzene rings is 2. The summed E-state index contributed by atoms with van der Waals surface area (Å²) in [4.78, 5) is 23.4. The molecular formula is C19H17F3N2O6S. The van der Waals surface area contributed by atoms with Crippen LogP contribution in [0.4, 0.5) is 18.9 Å². The molecule has 0 fully saturated rings. The van der Waals surface area contributed by atoms with Gasteiger partial charge in [0.15, 0.2) is 6.61 Å². The molecule has 8 nitrogen and oxygen atoms in total. The molecule has 0 aromatic heterocycles. The summed E-state index contributed by atoms with van der Waals surface area (Å²) in [7, 11) is -3.90. The molecule has 0 heterocycles. The van der Waals surface area contributed by atoms with Crippen LogP contribution in [-0.2, 0) is 24.3 Å². The summed E-state index contributed by atoms with van der Waals surface area (Å²) in [5.74, 6) is -2.24. The summed E-state index contributed by atoms with van der Waals surface area (Å²) in [6, 6.07) is 12.9. The van der Waals surface area contributed by atoms with Crippen LogP contribution in [0.1, 0.15) is 5.56 Å². The lowest BCUT2D eigenvalue weighted by atomic mass is 10.2. The third-order valence-corrected chi connectivity index (χ3v) is 4.43. The fourth-order valence-corrected chi connectivity index (χ4v) is 2.83. The molecule has 2 aromatic carbocycles. The summed E-state index contributed by atoms with van der Waals surface area (Å²) >= 11 is 0. The van der Waals surface area contributed by atoms with Gasteiger partial charge in [-0.1, -0.05) is 30.3 Å². The zero-order valence-corrected chi connectivity index (χ0v) is 16.6. The van der Waals surface area contributed by atoms with Crippen molar-refractivity contribution in [2.45, 2.75) is 6.36 Å². The summed E-state index contributed by atoms with van der Waals surface area (Å²) in [6.07, 6.45) is -3.50. The number of carbonyl (C=O) groups excluding carboxylic acids is 2. The molecule has 0 bridgehead atoms. The molecule has 31 heavy (non-hydrogen) atoms. The first-order valence-electron chi connectivity index (χ1n) is 8.56.